The average molecular weight is 339 g/mol. The largest absolute Gasteiger partial charge is 0.354 e. The molecule has 1 aromatic rings. The molecule has 8 heteroatoms. The predicted molar refractivity (Wildman–Crippen MR) is 85.0 cm³/mol. The second-order valence-electron chi connectivity index (χ2n) is 6.16. The van der Waals surface area contributed by atoms with Crippen molar-refractivity contribution >= 4 is 24.6 Å². The van der Waals surface area contributed by atoms with Gasteiger partial charge in [-0.25, -0.2) is 0 Å². The van der Waals surface area contributed by atoms with E-state index in [1.54, 1.807) is 6.07 Å². The second-order valence-corrected chi connectivity index (χ2v) is 8.01. The van der Waals surface area contributed by atoms with E-state index in [9.17, 15) is 19.5 Å². The first-order chi connectivity index (χ1) is 10.6. The summed E-state index contributed by atoms with van der Waals surface area (Å²) in [6.45, 7) is 5.59. The van der Waals surface area contributed by atoms with Gasteiger partial charge in [-0.05, 0) is 12.5 Å². The van der Waals surface area contributed by atoms with Crippen LogP contribution in [0.25, 0.3) is 5.57 Å². The smallest absolute Gasteiger partial charge is 0.305 e. The highest BCUT2D eigenvalue weighted by Crippen LogP contribution is 2.56. The fraction of sp³-hybridized carbons (Fsp3) is 0.400. The molecule has 0 aromatic heterocycles. The molecule has 1 fully saturated rings. The Morgan fingerprint density at radius 2 is 1.96 bits per heavy atom. The highest BCUT2D eigenvalue weighted by atomic mass is 31.2. The van der Waals surface area contributed by atoms with Crippen LogP contribution >= 0.6 is 7.60 Å². The molecule has 0 atom stereocenters. The third-order valence-electron chi connectivity index (χ3n) is 3.30. The SMILES string of the molecule is CC(=O)C(=CP1(=O)OCC(C)(C)CO1)c1cccc([N+](=O)[O-])c1. The van der Waals surface area contributed by atoms with Gasteiger partial charge >= 0.3 is 7.60 Å². The maximum absolute atomic E-state index is 12.6. The molecule has 0 amide bonds. The van der Waals surface area contributed by atoms with Gasteiger partial charge in [-0.3, -0.25) is 19.5 Å². The minimum Gasteiger partial charge on any atom is -0.305 e. The zero-order chi connectivity index (χ0) is 17.3. The van der Waals surface area contributed by atoms with Crippen molar-refractivity contribution in [3.8, 4) is 0 Å². The van der Waals surface area contributed by atoms with E-state index >= 15 is 0 Å². The van der Waals surface area contributed by atoms with Crippen molar-refractivity contribution in [2.75, 3.05) is 13.2 Å². The van der Waals surface area contributed by atoms with Gasteiger partial charge in [0.1, 0.15) is 0 Å². The summed E-state index contributed by atoms with van der Waals surface area (Å²) in [5, 5.41) is 10.9. The maximum atomic E-state index is 12.6. The van der Waals surface area contributed by atoms with Crippen molar-refractivity contribution in [3.05, 3.63) is 45.8 Å². The van der Waals surface area contributed by atoms with Crippen molar-refractivity contribution in [2.24, 2.45) is 5.41 Å². The van der Waals surface area contributed by atoms with Gasteiger partial charge < -0.3 is 9.05 Å². The van der Waals surface area contributed by atoms with E-state index in [2.05, 4.69) is 0 Å². The molecule has 0 bridgehead atoms. The first kappa shape index (κ1) is 17.5. The number of hydrogen-bond donors (Lipinski definition) is 0. The zero-order valence-electron chi connectivity index (χ0n) is 13.1. The van der Waals surface area contributed by atoms with Crippen LogP contribution in [0.2, 0.25) is 0 Å². The van der Waals surface area contributed by atoms with Gasteiger partial charge in [-0.1, -0.05) is 26.0 Å². The minimum atomic E-state index is -3.56. The van der Waals surface area contributed by atoms with E-state index in [4.69, 9.17) is 9.05 Å². The summed E-state index contributed by atoms with van der Waals surface area (Å²) >= 11 is 0. The third-order valence-corrected chi connectivity index (χ3v) is 4.86. The van der Waals surface area contributed by atoms with E-state index in [0.717, 1.165) is 5.82 Å². The maximum Gasteiger partial charge on any atom is 0.354 e. The number of benzene rings is 1. The van der Waals surface area contributed by atoms with Crippen LogP contribution < -0.4 is 0 Å². The van der Waals surface area contributed by atoms with Crippen LogP contribution in [0, 0.1) is 15.5 Å². The number of nitro benzene ring substituents is 1. The summed E-state index contributed by atoms with van der Waals surface area (Å²) in [5.41, 5.74) is -0.0285. The lowest BCUT2D eigenvalue weighted by Crippen LogP contribution is -2.29. The van der Waals surface area contributed by atoms with Crippen molar-refractivity contribution in [1.29, 1.82) is 0 Å². The van der Waals surface area contributed by atoms with Crippen molar-refractivity contribution < 1.29 is 23.3 Å². The Bertz CT molecular complexity index is 710. The standard InChI is InChI=1S/C15H18NO6P/c1-11(17)14(12-5-4-6-13(7-12)16(18)19)8-23(20)21-9-15(2,3)10-22-23/h4-8H,9-10H2,1-3H3. The number of carbonyl (C=O) groups is 1. The van der Waals surface area contributed by atoms with Gasteiger partial charge in [0.05, 0.1) is 18.1 Å². The Morgan fingerprint density at radius 1 is 1.35 bits per heavy atom. The molecule has 124 valence electrons. The number of nitrogens with zero attached hydrogens (tertiary/aromatic N) is 1. The number of hydrogen-bond acceptors (Lipinski definition) is 6. The molecule has 1 aliphatic rings. The average Bonchev–Trinajstić information content (AvgIpc) is 2.48. The van der Waals surface area contributed by atoms with Crippen LogP contribution in [-0.4, -0.2) is 23.9 Å². The number of ketones is 1. The van der Waals surface area contributed by atoms with Gasteiger partial charge in [0.25, 0.3) is 5.69 Å². The van der Waals surface area contributed by atoms with Gasteiger partial charge in [0.2, 0.25) is 0 Å². The molecule has 0 N–H and O–H groups in total. The van der Waals surface area contributed by atoms with Crippen LogP contribution in [0.15, 0.2) is 30.1 Å². The minimum absolute atomic E-state index is 0.0803. The molecule has 0 aliphatic carbocycles. The van der Waals surface area contributed by atoms with E-state index in [0.29, 0.717) is 5.56 Å². The lowest BCUT2D eigenvalue weighted by molar-refractivity contribution is -0.384. The topological polar surface area (TPSA) is 95.7 Å². The molecular formula is C15H18NO6P. The zero-order valence-corrected chi connectivity index (χ0v) is 14.0. The summed E-state index contributed by atoms with van der Waals surface area (Å²) in [4.78, 5) is 22.2. The van der Waals surface area contributed by atoms with Gasteiger partial charge in [-0.15, -0.1) is 0 Å². The lowest BCUT2D eigenvalue weighted by atomic mass is 9.97. The van der Waals surface area contributed by atoms with E-state index in [1.165, 1.54) is 25.1 Å². The monoisotopic (exact) mass is 339 g/mol. The first-order valence-electron chi connectivity index (χ1n) is 6.99. The Kier molecular flexibility index (Phi) is 4.84. The molecule has 0 radical (unpaired) electrons. The number of nitro groups is 1. The normalized spacial score (nSPS) is 20.0. The Labute approximate surface area is 134 Å². The van der Waals surface area contributed by atoms with Gasteiger partial charge in [0, 0.05) is 28.9 Å². The summed E-state index contributed by atoms with van der Waals surface area (Å²) in [6.07, 6.45) is 0. The second kappa shape index (κ2) is 6.35. The van der Waals surface area contributed by atoms with Crippen LogP contribution in [-0.2, 0) is 18.4 Å². The van der Waals surface area contributed by atoms with Gasteiger partial charge in [-0.2, -0.15) is 0 Å². The van der Waals surface area contributed by atoms with E-state index < -0.39 is 12.5 Å². The molecule has 1 heterocycles. The number of rotatable bonds is 4. The quantitative estimate of drug-likeness (QED) is 0.358. The molecule has 2 rings (SSSR count). The van der Waals surface area contributed by atoms with Gasteiger partial charge in [0.15, 0.2) is 5.78 Å². The summed E-state index contributed by atoms with van der Waals surface area (Å²) in [7, 11) is -3.56. The van der Waals surface area contributed by atoms with Crippen LogP contribution in [0.5, 0.6) is 0 Å². The number of non-ortho nitro benzene ring substituents is 1. The number of allylic oxidation sites excluding steroid dienone is 1. The molecule has 1 saturated heterocycles. The highest BCUT2D eigenvalue weighted by Gasteiger charge is 2.36. The van der Waals surface area contributed by atoms with Crippen molar-refractivity contribution in [3.63, 3.8) is 0 Å². The molecule has 0 spiro atoms. The van der Waals surface area contributed by atoms with Crippen molar-refractivity contribution in [1.82, 2.24) is 0 Å². The third kappa shape index (κ3) is 4.34. The molecule has 7 nitrogen and oxygen atoms in total. The molecule has 23 heavy (non-hydrogen) atoms. The van der Waals surface area contributed by atoms with Crippen molar-refractivity contribution in [2.45, 2.75) is 20.8 Å². The van der Waals surface area contributed by atoms with Crippen LogP contribution in [0.1, 0.15) is 26.3 Å². The highest BCUT2D eigenvalue weighted by molar-refractivity contribution is 7.57. The van der Waals surface area contributed by atoms with Crippen LogP contribution in [0.4, 0.5) is 5.69 Å². The summed E-state index contributed by atoms with van der Waals surface area (Å²) < 4.78 is 23.3. The Balaban J connectivity index is 2.39. The van der Waals surface area contributed by atoms with E-state index in [1.807, 2.05) is 13.8 Å². The van der Waals surface area contributed by atoms with E-state index in [-0.39, 0.29) is 35.7 Å². The first-order valence-corrected chi connectivity index (χ1v) is 8.61. The lowest BCUT2D eigenvalue weighted by Gasteiger charge is -2.32. The fourth-order valence-corrected chi connectivity index (χ4v) is 3.93. The number of Topliss-reactive ketones (excluding diaryl/α,β-unsaturated/α-hetero) is 1. The molecule has 1 aromatic carbocycles. The predicted octanol–water partition coefficient (Wildman–Crippen LogP) is 3.79. The molecule has 0 saturated carbocycles. The molecular weight excluding hydrogens is 321 g/mol. The Morgan fingerprint density at radius 3 is 2.48 bits per heavy atom. The molecule has 0 unspecified atom stereocenters. The Hall–Kier alpha value is -1.82. The van der Waals surface area contributed by atoms with Crippen LogP contribution in [0.3, 0.4) is 0 Å². The fourth-order valence-electron chi connectivity index (χ4n) is 2.00. The molecule has 1 aliphatic heterocycles. The summed E-state index contributed by atoms with van der Waals surface area (Å²) in [5.74, 6) is 0.779. The number of carbonyl (C=O) groups excluding carboxylic acids is 1. The summed E-state index contributed by atoms with van der Waals surface area (Å²) in [6, 6.07) is 5.58.